The van der Waals surface area contributed by atoms with E-state index < -0.39 is 28.1 Å². The second kappa shape index (κ2) is 6.43. The molecular weight excluding hydrogens is 306 g/mol. The molecule has 0 aromatic heterocycles. The lowest BCUT2D eigenvalue weighted by molar-refractivity contribution is -0.384. The minimum atomic E-state index is -0.709. The second-order valence-corrected chi connectivity index (χ2v) is 4.38. The van der Waals surface area contributed by atoms with Crippen LogP contribution in [0, 0.1) is 10.1 Å². The van der Waals surface area contributed by atoms with Gasteiger partial charge < -0.3 is 15.3 Å². The van der Waals surface area contributed by atoms with E-state index in [2.05, 4.69) is 10.5 Å². The van der Waals surface area contributed by atoms with Gasteiger partial charge >= 0.3 is 0 Å². The highest BCUT2D eigenvalue weighted by atomic mass is 16.6. The normalized spacial score (nSPS) is 10.6. The molecule has 0 heterocycles. The maximum Gasteiger partial charge on any atom is 0.271 e. The number of non-ortho nitro benzene ring substituents is 1. The van der Waals surface area contributed by atoms with Crippen molar-refractivity contribution < 1.29 is 25.0 Å². The highest BCUT2D eigenvalue weighted by Gasteiger charge is 2.11. The number of nitrogens with zero attached hydrogens (tertiary/aromatic N) is 2. The molecule has 23 heavy (non-hydrogen) atoms. The number of nitrogens with one attached hydrogen (secondary N) is 1. The number of rotatable bonds is 4. The summed E-state index contributed by atoms with van der Waals surface area (Å²) in [5.74, 6) is -2.50. The van der Waals surface area contributed by atoms with Gasteiger partial charge in [-0.05, 0) is 18.2 Å². The van der Waals surface area contributed by atoms with Crippen LogP contribution in [-0.2, 0) is 0 Å². The van der Waals surface area contributed by atoms with Gasteiger partial charge in [0.05, 0.1) is 11.1 Å². The van der Waals surface area contributed by atoms with Gasteiger partial charge in [-0.1, -0.05) is 6.07 Å². The van der Waals surface area contributed by atoms with Crippen molar-refractivity contribution in [2.75, 3.05) is 0 Å². The quantitative estimate of drug-likeness (QED) is 0.291. The average molecular weight is 317 g/mol. The Morgan fingerprint density at radius 3 is 2.61 bits per heavy atom. The molecule has 0 spiro atoms. The Hall–Kier alpha value is -3.62. The van der Waals surface area contributed by atoms with Crippen molar-refractivity contribution in [1.29, 1.82) is 0 Å². The first kappa shape index (κ1) is 15.8. The Bertz CT molecular complexity index is 803. The molecule has 0 unspecified atom stereocenters. The minimum absolute atomic E-state index is 0.0362. The lowest BCUT2D eigenvalue weighted by Gasteiger charge is -2.03. The van der Waals surface area contributed by atoms with E-state index in [1.165, 1.54) is 24.3 Å². The summed E-state index contributed by atoms with van der Waals surface area (Å²) < 4.78 is 0. The SMILES string of the molecule is O=C(N/N=C/c1ccc(O)c(O)c1O)c1cccc([N+](=O)[O-])c1. The molecule has 9 heteroatoms. The number of phenols is 3. The first-order valence-electron chi connectivity index (χ1n) is 6.22. The molecule has 0 radical (unpaired) electrons. The van der Waals surface area contributed by atoms with Crippen LogP contribution in [-0.4, -0.2) is 32.4 Å². The van der Waals surface area contributed by atoms with Crippen molar-refractivity contribution in [1.82, 2.24) is 5.43 Å². The monoisotopic (exact) mass is 317 g/mol. The van der Waals surface area contributed by atoms with Crippen LogP contribution in [0.15, 0.2) is 41.5 Å². The predicted octanol–water partition coefficient (Wildman–Crippen LogP) is 1.48. The van der Waals surface area contributed by atoms with Crippen LogP contribution >= 0.6 is 0 Å². The fourth-order valence-corrected chi connectivity index (χ4v) is 1.67. The summed E-state index contributed by atoms with van der Waals surface area (Å²) in [6, 6.07) is 7.49. The van der Waals surface area contributed by atoms with Gasteiger partial charge in [0.15, 0.2) is 11.5 Å². The summed E-state index contributed by atoms with van der Waals surface area (Å²) in [5, 5.41) is 42.3. The summed E-state index contributed by atoms with van der Waals surface area (Å²) in [7, 11) is 0. The summed E-state index contributed by atoms with van der Waals surface area (Å²) in [6.45, 7) is 0. The topological polar surface area (TPSA) is 145 Å². The molecule has 0 saturated heterocycles. The van der Waals surface area contributed by atoms with Crippen LogP contribution in [0.2, 0.25) is 0 Å². The average Bonchev–Trinajstić information content (AvgIpc) is 2.54. The molecule has 1 amide bonds. The number of hydrogen-bond donors (Lipinski definition) is 4. The zero-order valence-electron chi connectivity index (χ0n) is 11.5. The molecule has 0 aliphatic heterocycles. The molecule has 2 rings (SSSR count). The van der Waals surface area contributed by atoms with E-state index >= 15 is 0 Å². The third kappa shape index (κ3) is 3.53. The highest BCUT2D eigenvalue weighted by Crippen LogP contribution is 2.36. The van der Waals surface area contributed by atoms with Gasteiger partial charge in [0.1, 0.15) is 0 Å². The van der Waals surface area contributed by atoms with Crippen molar-refractivity contribution in [3.05, 3.63) is 57.6 Å². The standard InChI is InChI=1S/C14H11N3O6/c18-11-5-4-9(12(19)13(11)20)7-15-16-14(21)8-2-1-3-10(6-8)17(22)23/h1-7,18-20H,(H,16,21)/b15-7+. The van der Waals surface area contributed by atoms with Crippen molar-refractivity contribution >= 4 is 17.8 Å². The van der Waals surface area contributed by atoms with Crippen LogP contribution in [0.1, 0.15) is 15.9 Å². The summed E-state index contributed by atoms with van der Waals surface area (Å²) in [5.41, 5.74) is 1.99. The lowest BCUT2D eigenvalue weighted by atomic mass is 10.2. The van der Waals surface area contributed by atoms with E-state index in [9.17, 15) is 30.2 Å². The molecule has 0 bridgehead atoms. The van der Waals surface area contributed by atoms with Crippen LogP contribution < -0.4 is 5.43 Å². The van der Waals surface area contributed by atoms with Gasteiger partial charge in [-0.25, -0.2) is 5.43 Å². The number of hydrazone groups is 1. The van der Waals surface area contributed by atoms with Crippen molar-refractivity contribution in [2.45, 2.75) is 0 Å². The van der Waals surface area contributed by atoms with Gasteiger partial charge in [-0.15, -0.1) is 0 Å². The van der Waals surface area contributed by atoms with Crippen LogP contribution in [0.5, 0.6) is 17.2 Å². The number of carbonyl (C=O) groups is 1. The maximum atomic E-state index is 11.8. The highest BCUT2D eigenvalue weighted by molar-refractivity contribution is 5.95. The molecule has 2 aromatic carbocycles. The van der Waals surface area contributed by atoms with Crippen LogP contribution in [0.25, 0.3) is 0 Å². The Morgan fingerprint density at radius 2 is 1.91 bits per heavy atom. The predicted molar refractivity (Wildman–Crippen MR) is 79.6 cm³/mol. The van der Waals surface area contributed by atoms with Gasteiger partial charge in [0.2, 0.25) is 5.75 Å². The van der Waals surface area contributed by atoms with Gasteiger partial charge in [-0.3, -0.25) is 14.9 Å². The molecule has 0 aliphatic carbocycles. The van der Waals surface area contributed by atoms with Crippen molar-refractivity contribution in [2.24, 2.45) is 5.10 Å². The fraction of sp³-hybridized carbons (Fsp3) is 0. The smallest absolute Gasteiger partial charge is 0.271 e. The van der Waals surface area contributed by atoms with Crippen molar-refractivity contribution in [3.63, 3.8) is 0 Å². The van der Waals surface area contributed by atoms with E-state index in [1.54, 1.807) is 0 Å². The van der Waals surface area contributed by atoms with E-state index in [-0.39, 0.29) is 16.8 Å². The summed E-state index contributed by atoms with van der Waals surface area (Å²) >= 11 is 0. The van der Waals surface area contributed by atoms with Gasteiger partial charge in [0.25, 0.3) is 11.6 Å². The molecular formula is C14H11N3O6. The number of nitro groups is 1. The molecule has 4 N–H and O–H groups in total. The van der Waals surface area contributed by atoms with Crippen LogP contribution in [0.3, 0.4) is 0 Å². The van der Waals surface area contributed by atoms with E-state index in [0.717, 1.165) is 18.3 Å². The molecule has 2 aromatic rings. The largest absolute Gasteiger partial charge is 0.504 e. The lowest BCUT2D eigenvalue weighted by Crippen LogP contribution is -2.17. The molecule has 9 nitrogen and oxygen atoms in total. The third-order valence-corrected chi connectivity index (χ3v) is 2.85. The Labute approximate surface area is 129 Å². The number of nitro benzene ring substituents is 1. The van der Waals surface area contributed by atoms with Crippen LogP contribution in [0.4, 0.5) is 5.69 Å². The molecule has 118 valence electrons. The van der Waals surface area contributed by atoms with E-state index in [0.29, 0.717) is 0 Å². The zero-order chi connectivity index (χ0) is 17.0. The Morgan fingerprint density at radius 1 is 1.17 bits per heavy atom. The second-order valence-electron chi connectivity index (χ2n) is 4.38. The number of phenolic OH excluding ortho intramolecular Hbond substituents is 3. The molecule has 0 saturated carbocycles. The number of carbonyl (C=O) groups excluding carboxylic acids is 1. The Kier molecular flexibility index (Phi) is 4.41. The molecule has 0 fully saturated rings. The summed E-state index contributed by atoms with van der Waals surface area (Å²) in [4.78, 5) is 21.8. The molecule has 0 aliphatic rings. The minimum Gasteiger partial charge on any atom is -0.504 e. The first-order chi connectivity index (χ1) is 10.9. The van der Waals surface area contributed by atoms with E-state index in [1.807, 2.05) is 0 Å². The Balaban J connectivity index is 2.12. The van der Waals surface area contributed by atoms with Gasteiger partial charge in [0, 0.05) is 23.3 Å². The molecule has 0 atom stereocenters. The fourth-order valence-electron chi connectivity index (χ4n) is 1.67. The zero-order valence-corrected chi connectivity index (χ0v) is 11.5. The van der Waals surface area contributed by atoms with Crippen molar-refractivity contribution in [3.8, 4) is 17.2 Å². The van der Waals surface area contributed by atoms with Gasteiger partial charge in [-0.2, -0.15) is 5.10 Å². The maximum absolute atomic E-state index is 11.8. The number of benzene rings is 2. The van der Waals surface area contributed by atoms with E-state index in [4.69, 9.17) is 0 Å². The third-order valence-electron chi connectivity index (χ3n) is 2.85. The number of hydrogen-bond acceptors (Lipinski definition) is 7. The number of aromatic hydroxyl groups is 3. The number of amides is 1. The summed E-state index contributed by atoms with van der Waals surface area (Å²) in [6.07, 6.45) is 1.05. The first-order valence-corrected chi connectivity index (χ1v) is 6.22.